The van der Waals surface area contributed by atoms with Gasteiger partial charge >= 0.3 is 0 Å². The highest BCUT2D eigenvalue weighted by Crippen LogP contribution is 2.27. The molecule has 1 aromatic heterocycles. The number of pyridine rings is 1. The van der Waals surface area contributed by atoms with E-state index in [2.05, 4.69) is 11.9 Å². The highest BCUT2D eigenvalue weighted by molar-refractivity contribution is 5.32. The summed E-state index contributed by atoms with van der Waals surface area (Å²) in [6.45, 7) is 2.29. The second-order valence-electron chi connectivity index (χ2n) is 4.43. The van der Waals surface area contributed by atoms with Crippen LogP contribution in [0.4, 0.5) is 5.82 Å². The Morgan fingerprint density at radius 1 is 1.40 bits per heavy atom. The molecule has 1 aromatic rings. The SMILES string of the molecule is CC1CCCC(Oc2ccc(N)nc2)C1. The lowest BCUT2D eigenvalue weighted by molar-refractivity contribution is 0.129. The molecule has 2 rings (SSSR count). The maximum Gasteiger partial charge on any atom is 0.138 e. The van der Waals surface area contributed by atoms with Crippen LogP contribution in [0.1, 0.15) is 32.6 Å². The summed E-state index contributed by atoms with van der Waals surface area (Å²) >= 11 is 0. The van der Waals surface area contributed by atoms with Gasteiger partial charge in [-0.05, 0) is 37.3 Å². The van der Waals surface area contributed by atoms with Crippen LogP contribution in [-0.2, 0) is 0 Å². The van der Waals surface area contributed by atoms with Crippen LogP contribution >= 0.6 is 0 Å². The maximum atomic E-state index is 5.86. The Hall–Kier alpha value is -1.25. The Labute approximate surface area is 90.7 Å². The lowest BCUT2D eigenvalue weighted by Gasteiger charge is -2.27. The average molecular weight is 206 g/mol. The van der Waals surface area contributed by atoms with Gasteiger partial charge in [0.05, 0.1) is 12.3 Å². The molecule has 1 saturated carbocycles. The molecular weight excluding hydrogens is 188 g/mol. The van der Waals surface area contributed by atoms with Crippen molar-refractivity contribution in [3.8, 4) is 5.75 Å². The number of ether oxygens (including phenoxy) is 1. The Morgan fingerprint density at radius 3 is 2.93 bits per heavy atom. The summed E-state index contributed by atoms with van der Waals surface area (Å²) < 4.78 is 5.86. The maximum absolute atomic E-state index is 5.86. The van der Waals surface area contributed by atoms with Crippen LogP contribution < -0.4 is 10.5 Å². The first kappa shape index (κ1) is 10.3. The first-order chi connectivity index (χ1) is 7.24. The predicted octanol–water partition coefficient (Wildman–Crippen LogP) is 2.62. The van der Waals surface area contributed by atoms with Crippen LogP contribution in [0.3, 0.4) is 0 Å². The van der Waals surface area contributed by atoms with Gasteiger partial charge in [-0.15, -0.1) is 0 Å². The number of anilines is 1. The molecule has 0 bridgehead atoms. The minimum absolute atomic E-state index is 0.360. The summed E-state index contributed by atoms with van der Waals surface area (Å²) in [4.78, 5) is 4.02. The van der Waals surface area contributed by atoms with E-state index in [1.54, 1.807) is 12.3 Å². The molecule has 0 radical (unpaired) electrons. The van der Waals surface area contributed by atoms with Gasteiger partial charge in [-0.2, -0.15) is 0 Å². The van der Waals surface area contributed by atoms with Crippen molar-refractivity contribution in [1.82, 2.24) is 4.98 Å². The van der Waals surface area contributed by atoms with Gasteiger partial charge in [0.25, 0.3) is 0 Å². The topological polar surface area (TPSA) is 48.1 Å². The molecule has 2 N–H and O–H groups in total. The second-order valence-corrected chi connectivity index (χ2v) is 4.43. The van der Waals surface area contributed by atoms with Crippen molar-refractivity contribution < 1.29 is 4.74 Å². The third kappa shape index (κ3) is 2.85. The van der Waals surface area contributed by atoms with Gasteiger partial charge in [-0.1, -0.05) is 13.3 Å². The molecule has 2 unspecified atom stereocenters. The minimum Gasteiger partial charge on any atom is -0.489 e. The van der Waals surface area contributed by atoms with Crippen molar-refractivity contribution >= 4 is 5.82 Å². The Bertz CT molecular complexity index is 310. The van der Waals surface area contributed by atoms with E-state index in [1.807, 2.05) is 6.07 Å². The third-order valence-electron chi connectivity index (χ3n) is 2.95. The van der Waals surface area contributed by atoms with Crippen LogP contribution in [0.15, 0.2) is 18.3 Å². The summed E-state index contributed by atoms with van der Waals surface area (Å²) in [6.07, 6.45) is 6.99. The Morgan fingerprint density at radius 2 is 2.27 bits per heavy atom. The van der Waals surface area contributed by atoms with E-state index in [9.17, 15) is 0 Å². The van der Waals surface area contributed by atoms with Gasteiger partial charge in [-0.25, -0.2) is 4.98 Å². The van der Waals surface area contributed by atoms with Crippen LogP contribution in [0.25, 0.3) is 0 Å². The van der Waals surface area contributed by atoms with Crippen molar-refractivity contribution in [3.05, 3.63) is 18.3 Å². The number of nitrogen functional groups attached to an aromatic ring is 1. The number of aromatic nitrogens is 1. The molecule has 0 amide bonds. The Balaban J connectivity index is 1.93. The number of nitrogens with two attached hydrogens (primary N) is 1. The molecule has 2 atom stereocenters. The highest BCUT2D eigenvalue weighted by Gasteiger charge is 2.20. The van der Waals surface area contributed by atoms with Crippen molar-refractivity contribution in [2.24, 2.45) is 5.92 Å². The number of nitrogens with zero attached hydrogens (tertiary/aromatic N) is 1. The van der Waals surface area contributed by atoms with Crippen molar-refractivity contribution in [2.75, 3.05) is 5.73 Å². The monoisotopic (exact) mass is 206 g/mol. The molecule has 1 aliphatic rings. The fourth-order valence-electron chi connectivity index (χ4n) is 2.14. The molecule has 1 aliphatic carbocycles. The van der Waals surface area contributed by atoms with E-state index in [-0.39, 0.29) is 0 Å². The van der Waals surface area contributed by atoms with E-state index in [0.29, 0.717) is 11.9 Å². The molecule has 82 valence electrons. The highest BCUT2D eigenvalue weighted by atomic mass is 16.5. The van der Waals surface area contributed by atoms with Gasteiger partial charge < -0.3 is 10.5 Å². The lowest BCUT2D eigenvalue weighted by atomic mass is 9.89. The third-order valence-corrected chi connectivity index (χ3v) is 2.95. The zero-order valence-corrected chi connectivity index (χ0v) is 9.15. The van der Waals surface area contributed by atoms with Gasteiger partial charge in [0.2, 0.25) is 0 Å². The smallest absolute Gasteiger partial charge is 0.138 e. The first-order valence-electron chi connectivity index (χ1n) is 5.62. The van der Waals surface area contributed by atoms with E-state index in [4.69, 9.17) is 10.5 Å². The summed E-state index contributed by atoms with van der Waals surface area (Å²) in [5.74, 6) is 2.16. The van der Waals surface area contributed by atoms with Gasteiger partial charge in [0.15, 0.2) is 0 Å². The number of rotatable bonds is 2. The molecule has 3 heteroatoms. The van der Waals surface area contributed by atoms with Crippen molar-refractivity contribution in [3.63, 3.8) is 0 Å². The lowest BCUT2D eigenvalue weighted by Crippen LogP contribution is -2.24. The fourth-order valence-corrected chi connectivity index (χ4v) is 2.14. The Kier molecular flexibility index (Phi) is 3.09. The summed E-state index contributed by atoms with van der Waals surface area (Å²) in [7, 11) is 0. The van der Waals surface area contributed by atoms with Gasteiger partial charge in [0.1, 0.15) is 11.6 Å². The van der Waals surface area contributed by atoms with Crippen molar-refractivity contribution in [1.29, 1.82) is 0 Å². The van der Waals surface area contributed by atoms with E-state index in [1.165, 1.54) is 12.8 Å². The predicted molar refractivity (Wildman–Crippen MR) is 60.7 cm³/mol. The molecule has 0 aliphatic heterocycles. The molecule has 1 heterocycles. The molecule has 0 aromatic carbocycles. The number of hydrogen-bond acceptors (Lipinski definition) is 3. The summed E-state index contributed by atoms with van der Waals surface area (Å²) in [6, 6.07) is 3.67. The first-order valence-corrected chi connectivity index (χ1v) is 5.62. The quantitative estimate of drug-likeness (QED) is 0.809. The van der Waals surface area contributed by atoms with E-state index < -0.39 is 0 Å². The zero-order valence-electron chi connectivity index (χ0n) is 9.15. The van der Waals surface area contributed by atoms with E-state index >= 15 is 0 Å². The van der Waals surface area contributed by atoms with Gasteiger partial charge in [-0.3, -0.25) is 0 Å². The molecule has 1 fully saturated rings. The van der Waals surface area contributed by atoms with Crippen molar-refractivity contribution in [2.45, 2.75) is 38.7 Å². The number of hydrogen-bond donors (Lipinski definition) is 1. The summed E-state index contributed by atoms with van der Waals surface area (Å²) in [5.41, 5.74) is 5.52. The zero-order chi connectivity index (χ0) is 10.7. The normalized spacial score (nSPS) is 26.2. The molecule has 15 heavy (non-hydrogen) atoms. The van der Waals surface area contributed by atoms with Crippen LogP contribution in [0, 0.1) is 5.92 Å². The molecule has 3 nitrogen and oxygen atoms in total. The van der Waals surface area contributed by atoms with Crippen LogP contribution in [0.5, 0.6) is 5.75 Å². The minimum atomic E-state index is 0.360. The summed E-state index contributed by atoms with van der Waals surface area (Å²) in [5, 5.41) is 0. The van der Waals surface area contributed by atoms with Crippen LogP contribution in [0.2, 0.25) is 0 Å². The molecule has 0 saturated heterocycles. The molecular formula is C12H18N2O. The van der Waals surface area contributed by atoms with Gasteiger partial charge in [0, 0.05) is 0 Å². The molecule has 0 spiro atoms. The van der Waals surface area contributed by atoms with E-state index in [0.717, 1.165) is 24.5 Å². The average Bonchev–Trinajstić information content (AvgIpc) is 2.22. The second kappa shape index (κ2) is 4.51. The standard InChI is InChI=1S/C12H18N2O/c1-9-3-2-4-10(7-9)15-11-5-6-12(13)14-8-11/h5-6,8-10H,2-4,7H2,1H3,(H2,13,14). The largest absolute Gasteiger partial charge is 0.489 e. The fraction of sp³-hybridized carbons (Fsp3) is 0.583. The van der Waals surface area contributed by atoms with Crippen LogP contribution in [-0.4, -0.2) is 11.1 Å².